The van der Waals surface area contributed by atoms with Crippen LogP contribution in [0.1, 0.15) is 38.5 Å². The number of aldehydes is 4. The lowest BCUT2D eigenvalue weighted by Gasteiger charge is -2.38. The number of carbonyl (C=O) groups excluding carboxylic acids is 4. The zero-order valence-electron chi connectivity index (χ0n) is 67.5. The molecule has 0 bridgehead atoms. The van der Waals surface area contributed by atoms with Crippen LogP contribution in [0.15, 0.2) is 25.3 Å². The van der Waals surface area contributed by atoms with Crippen LogP contribution >= 0.6 is 247 Å². The summed E-state index contributed by atoms with van der Waals surface area (Å²) in [5, 5.41) is 43.7. The first kappa shape index (κ1) is 134. The van der Waals surface area contributed by atoms with Crippen LogP contribution in [-0.2, 0) is 82.8 Å². The second-order valence-corrected chi connectivity index (χ2v) is 46.4. The summed E-state index contributed by atoms with van der Waals surface area (Å²) in [6, 6.07) is 0. The van der Waals surface area contributed by atoms with Gasteiger partial charge in [0.2, 0.25) is 14.9 Å². The Kier molecular flexibility index (Phi) is 98.5. The van der Waals surface area contributed by atoms with Crippen molar-refractivity contribution in [3.63, 3.8) is 0 Å². The molecule has 8 unspecified atom stereocenters. The predicted molar refractivity (Wildman–Crippen MR) is 504 cm³/mol. The number of nitrogens with two attached hydrogens (primary N) is 2. The summed E-state index contributed by atoms with van der Waals surface area (Å²) in [5.74, 6) is 6.19. The zero-order valence-corrected chi connectivity index (χ0v) is 86.7. The molecule has 4 saturated heterocycles. The minimum absolute atomic E-state index is 0.0400. The van der Waals surface area contributed by atoms with Crippen molar-refractivity contribution < 1.29 is 93.1 Å². The normalized spacial score (nSPS) is 21.4. The summed E-state index contributed by atoms with van der Waals surface area (Å²) < 4.78 is 134. The van der Waals surface area contributed by atoms with Crippen LogP contribution in [0.3, 0.4) is 0 Å². The Morgan fingerprint density at radius 3 is 1.29 bits per heavy atom. The van der Waals surface area contributed by atoms with E-state index >= 15 is 0 Å². The van der Waals surface area contributed by atoms with E-state index in [0.29, 0.717) is 239 Å². The largest absolute Gasteiger partial charge is 0.378 e. The molecule has 0 aromatic heterocycles. The molecule has 4 aliphatic rings. The van der Waals surface area contributed by atoms with Gasteiger partial charge in [-0.05, 0) is 25.0 Å². The van der Waals surface area contributed by atoms with Crippen molar-refractivity contribution in [2.24, 2.45) is 11.0 Å². The Labute approximate surface area is 790 Å². The van der Waals surface area contributed by atoms with Gasteiger partial charge in [-0.15, -0.1) is 186 Å². The molecule has 0 saturated carbocycles. The van der Waals surface area contributed by atoms with Crippen LogP contribution in [0.4, 0.5) is 0 Å². The molecule has 0 aliphatic carbocycles. The first-order valence-corrected chi connectivity index (χ1v) is 59.2. The van der Waals surface area contributed by atoms with Crippen molar-refractivity contribution in [3.05, 3.63) is 25.3 Å². The second kappa shape index (κ2) is 87.9. The summed E-state index contributed by atoms with van der Waals surface area (Å²) in [5.41, 5.74) is 10.8. The Morgan fingerprint density at radius 1 is 0.500 bits per heavy atom. The van der Waals surface area contributed by atoms with Crippen molar-refractivity contribution >= 4 is 272 Å². The molecule has 0 radical (unpaired) electrons. The highest BCUT2D eigenvalue weighted by atomic mass is 35.5. The third-order valence-corrected chi connectivity index (χ3v) is 31.5. The van der Waals surface area contributed by atoms with Crippen molar-refractivity contribution in [1.29, 1.82) is 0 Å². The van der Waals surface area contributed by atoms with E-state index in [1.165, 1.54) is 28.2 Å². The standard InChI is InChI=1S/4C7H15Cl2N2O3P.2C7H15Cl2N2O2P.C6H16Cl2N3OP.C5H13Cl2N2OP.2C3H4O/c8-2-4-11(5-3-9)15(13)10-7(12)1-6-14-15;8-2-4-10-15(13)11(5-3-9)7(12)1-6-14-15;8-2-4-11(5-3-9)15(10,13)14-7-1-6-12;8-2-4-10-15(13,11-5-3-9)14-7-1-6-12;8-2-4-10-14(12)11(6-3-9)5-1-7-13-14;8-2-5-11(6-3-9)14(12)10-4-1-7-13-14;1-13(9,12)10-6-11(4-2-7)5-3-8;1-11(10,8-4-2-6)9-5-3-7;2*1-2-3-4/h2*7,12H,1-6H2,(H,10,13);6H,1-5,7H2,(H2,10,13);6H,1-5,7H2,(H2,10,11,13);2*1-7H2,(H,10,12);2-6H2,1H3,(H3,9,10,12);2-5H2,1H3,(H2,8,9,10);2*2-3H,1H2. The molecule has 0 aromatic rings. The second-order valence-electron chi connectivity index (χ2n) is 23.0. The molecule has 0 amide bonds. The fraction of sp³-hybridized carbons (Fsp3) is 0.864. The number of nitrogens with one attached hydrogen (secondary N) is 9. The number of allylic oxidation sites excluding steroid dienone is 2. The van der Waals surface area contributed by atoms with Crippen LogP contribution in [0.25, 0.3) is 0 Å². The molecule has 8 atom stereocenters. The first-order chi connectivity index (χ1) is 56.9. The number of halogens is 16. The summed E-state index contributed by atoms with van der Waals surface area (Å²) in [6.07, 6.45) is 6.49. The van der Waals surface area contributed by atoms with Gasteiger partial charge in [-0.25, -0.2) is 59.8 Å². The van der Waals surface area contributed by atoms with E-state index in [2.05, 4.69) is 58.9 Å². The fourth-order valence-corrected chi connectivity index (χ4v) is 25.0. The van der Waals surface area contributed by atoms with Crippen LogP contribution < -0.4 is 56.8 Å². The van der Waals surface area contributed by atoms with Gasteiger partial charge in [0.15, 0.2) is 0 Å². The summed E-state index contributed by atoms with van der Waals surface area (Å²) >= 11 is 88.6. The SMILES string of the molecule is C=CC=O.C=CC=O.CP(=O)(NCCCl)NCCCl.CP(N)(=O)NCN(CCCl)CCCl.NP(=O)(OCCC=O)N(CCCl)CCCl.O=CCCOP(=O)(NCCCl)NCCCl.O=P1(N(CCCl)CCCl)NC(O)CCO1.O=P1(N(CCCl)CCCl)NCCCO1.O=P1(NCCCl)OCCC(O)N1CCCl.O=P1(NCCCl)OCCCN1CCCl. The van der Waals surface area contributed by atoms with Crippen LogP contribution in [0.5, 0.6) is 0 Å². The van der Waals surface area contributed by atoms with Gasteiger partial charge in [0.25, 0.3) is 0 Å². The molecule has 15 N–H and O–H groups in total. The van der Waals surface area contributed by atoms with Crippen molar-refractivity contribution in [1.82, 2.24) is 74.0 Å². The van der Waals surface area contributed by atoms with E-state index in [9.17, 15) is 56.3 Å². The maximum Gasteiger partial charge on any atom is 0.345 e. The molecule has 4 fully saturated rings. The number of alkyl halides is 16. The third kappa shape index (κ3) is 74.0. The lowest BCUT2D eigenvalue weighted by Crippen LogP contribution is -2.43. The van der Waals surface area contributed by atoms with Gasteiger partial charge in [-0.3, -0.25) is 66.7 Å². The molecule has 4 rings (SSSR count). The number of rotatable bonds is 54. The van der Waals surface area contributed by atoms with E-state index in [-0.39, 0.29) is 56.9 Å². The van der Waals surface area contributed by atoms with E-state index in [1.54, 1.807) is 20.7 Å². The molecular formula is C59H127Cl16N17O20P8. The molecule has 4 heterocycles. The van der Waals surface area contributed by atoms with E-state index < -0.39 is 73.4 Å². The summed E-state index contributed by atoms with van der Waals surface area (Å²) in [7, 11) is -23.5. The molecule has 0 aromatic carbocycles. The molecular weight excluding hydrogens is 2080 g/mol. The molecule has 0 spiro atoms. The van der Waals surface area contributed by atoms with Crippen LogP contribution in [0.2, 0.25) is 0 Å². The summed E-state index contributed by atoms with van der Waals surface area (Å²) in [6.45, 7) is 20.5. The Hall–Kier alpha value is 3.64. The smallest absolute Gasteiger partial charge is 0.345 e. The predicted octanol–water partition coefficient (Wildman–Crippen LogP) is 12.3. The van der Waals surface area contributed by atoms with E-state index in [4.69, 9.17) is 233 Å². The highest BCUT2D eigenvalue weighted by Gasteiger charge is 2.41. The molecule has 720 valence electrons. The van der Waals surface area contributed by atoms with E-state index in [1.807, 2.05) is 4.90 Å². The number of nitrogens with zero attached hydrogens (tertiary/aromatic N) is 6. The minimum Gasteiger partial charge on any atom is -0.378 e. The molecule has 120 heavy (non-hydrogen) atoms. The maximum absolute atomic E-state index is 12.2. The Balaban J connectivity index is -0.000000306. The highest BCUT2D eigenvalue weighted by molar-refractivity contribution is 7.59. The lowest BCUT2D eigenvalue weighted by molar-refractivity contribution is -0.109. The lowest BCUT2D eigenvalue weighted by atomic mass is 10.4. The monoisotopic (exact) mass is 2200 g/mol. The van der Waals surface area contributed by atoms with Gasteiger partial charge >= 0.3 is 46.0 Å². The Bertz CT molecular complexity index is 2820. The third-order valence-electron chi connectivity index (χ3n) is 13.5. The number of aliphatic hydroxyl groups excluding tert-OH is 2. The van der Waals surface area contributed by atoms with Gasteiger partial charge in [0.1, 0.15) is 37.6 Å². The zero-order chi connectivity index (χ0) is 92.7. The van der Waals surface area contributed by atoms with Gasteiger partial charge < -0.3 is 46.9 Å². The molecule has 37 nitrogen and oxygen atoms in total. The topological polar surface area (TPSA) is 480 Å². The van der Waals surface area contributed by atoms with Gasteiger partial charge in [-0.2, -0.15) is 4.67 Å². The molecule has 61 heteroatoms. The first-order valence-electron chi connectivity index (χ1n) is 36.7. The number of hydrogen-bond donors (Lipinski definition) is 13. The van der Waals surface area contributed by atoms with Gasteiger partial charge in [0.05, 0.1) is 46.3 Å². The van der Waals surface area contributed by atoms with Crippen LogP contribution in [0, 0.1) is 0 Å². The maximum atomic E-state index is 12.2. The average Bonchev–Trinajstić information content (AvgIpc) is 0.831. The van der Waals surface area contributed by atoms with Crippen molar-refractivity contribution in [3.8, 4) is 0 Å². The number of aliphatic hydroxyl groups is 2. The quantitative estimate of drug-likeness (QED) is 0.00672. The van der Waals surface area contributed by atoms with Crippen LogP contribution in [-0.4, -0.2) is 348 Å². The number of carbonyl (C=O) groups is 4. The minimum atomic E-state index is -3.36. The van der Waals surface area contributed by atoms with E-state index in [0.717, 1.165) is 25.9 Å². The fourth-order valence-electron chi connectivity index (χ4n) is 8.25. The van der Waals surface area contributed by atoms with Crippen molar-refractivity contribution in [2.75, 3.05) is 272 Å². The highest BCUT2D eigenvalue weighted by Crippen LogP contribution is 2.52. The van der Waals surface area contributed by atoms with Gasteiger partial charge in [0, 0.05) is 251 Å². The van der Waals surface area contributed by atoms with Crippen molar-refractivity contribution in [2.45, 2.75) is 51.0 Å². The molecule has 4 aliphatic heterocycles. The number of hydrogen-bond acceptors (Lipinski definition) is 21. The Morgan fingerprint density at radius 2 is 0.900 bits per heavy atom. The average molecular weight is 2210 g/mol. The van der Waals surface area contributed by atoms with Gasteiger partial charge in [-0.1, -0.05) is 13.2 Å². The summed E-state index contributed by atoms with van der Waals surface area (Å²) in [4.78, 5) is 40.2.